The first kappa shape index (κ1) is 28.1. The van der Waals surface area contributed by atoms with E-state index in [0.29, 0.717) is 24.7 Å². The Hall–Kier alpha value is -2.71. The average Bonchev–Trinajstić information content (AvgIpc) is 3.59. The Morgan fingerprint density at radius 1 is 0.952 bits per heavy atom. The van der Waals surface area contributed by atoms with Gasteiger partial charge < -0.3 is 4.57 Å². The van der Waals surface area contributed by atoms with Crippen LogP contribution >= 0.6 is 11.6 Å². The van der Waals surface area contributed by atoms with Crippen LogP contribution in [0.15, 0.2) is 77.7 Å². The Morgan fingerprint density at radius 3 is 2.43 bits per heavy atom. The van der Waals surface area contributed by atoms with E-state index in [1.165, 1.54) is 29.5 Å². The van der Waals surface area contributed by atoms with Crippen LogP contribution in [0, 0.1) is 6.92 Å². The van der Waals surface area contributed by atoms with Crippen molar-refractivity contribution in [3.63, 3.8) is 0 Å². The van der Waals surface area contributed by atoms with Gasteiger partial charge in [-0.25, -0.2) is 13.4 Å². The van der Waals surface area contributed by atoms with E-state index in [1.807, 2.05) is 0 Å². The highest BCUT2D eigenvalue weighted by Crippen LogP contribution is 2.46. The number of sulfonamides is 1. The second-order valence-electron chi connectivity index (χ2n) is 12.6. The summed E-state index contributed by atoms with van der Waals surface area (Å²) in [7, 11) is -2.01. The van der Waals surface area contributed by atoms with Crippen LogP contribution in [-0.4, -0.2) is 59.4 Å². The van der Waals surface area contributed by atoms with E-state index in [0.717, 1.165) is 50.0 Å². The van der Waals surface area contributed by atoms with Gasteiger partial charge in [0.05, 0.1) is 16.1 Å². The lowest BCUT2D eigenvalue weighted by molar-refractivity contribution is 0.0949. The third kappa shape index (κ3) is 4.69. The number of nitrogens with zero attached hydrogens (tertiary/aromatic N) is 4. The predicted molar refractivity (Wildman–Crippen MR) is 169 cm³/mol. The fourth-order valence-corrected chi connectivity index (χ4v) is 10.1. The van der Waals surface area contributed by atoms with E-state index in [9.17, 15) is 8.42 Å². The van der Waals surface area contributed by atoms with E-state index in [1.54, 1.807) is 35.6 Å². The van der Waals surface area contributed by atoms with Gasteiger partial charge in [0.2, 0.25) is 10.0 Å². The Kier molecular flexibility index (Phi) is 7.21. The van der Waals surface area contributed by atoms with Crippen molar-refractivity contribution in [2.75, 3.05) is 20.1 Å². The molecule has 0 amide bonds. The lowest BCUT2D eigenvalue weighted by Gasteiger charge is -2.42. The van der Waals surface area contributed by atoms with Gasteiger partial charge in [0.1, 0.15) is 10.7 Å². The molecule has 8 heteroatoms. The van der Waals surface area contributed by atoms with E-state index in [4.69, 9.17) is 16.6 Å². The molecule has 3 aliphatic rings. The molecule has 0 saturated carbocycles. The lowest BCUT2D eigenvalue weighted by Crippen LogP contribution is -2.47. The standard InChI is InChI=1S/C34H39ClN4O2S/c1-24-36-31-12-6-7-13-32(31)39(24)28-21-26-15-16-27(22-28)38(26)20-19-34(18-17-25-9-3-4-10-29(25)34)23-37(2)42(40,41)33-14-8-5-11-30(33)35/h3-14,26-28H,15-23H2,1-2H3/t26-,27+,28?,34-/m0/s1. The van der Waals surface area contributed by atoms with Crippen molar-refractivity contribution in [1.29, 1.82) is 0 Å². The van der Waals surface area contributed by atoms with Crippen molar-refractivity contribution in [3.05, 3.63) is 94.8 Å². The van der Waals surface area contributed by atoms with Crippen LogP contribution in [0.25, 0.3) is 11.0 Å². The molecule has 42 heavy (non-hydrogen) atoms. The van der Waals surface area contributed by atoms with Gasteiger partial charge in [-0.05, 0) is 93.8 Å². The Labute approximate surface area is 254 Å². The molecule has 3 heterocycles. The fraction of sp³-hybridized carbons (Fsp3) is 0.441. The zero-order valence-corrected chi connectivity index (χ0v) is 26.0. The summed E-state index contributed by atoms with van der Waals surface area (Å²) in [5.74, 6) is 1.11. The van der Waals surface area contributed by atoms with E-state index >= 15 is 0 Å². The predicted octanol–water partition coefficient (Wildman–Crippen LogP) is 6.76. The van der Waals surface area contributed by atoms with Crippen LogP contribution in [0.4, 0.5) is 0 Å². The first-order chi connectivity index (χ1) is 20.3. The van der Waals surface area contributed by atoms with Crippen molar-refractivity contribution in [2.24, 2.45) is 0 Å². The first-order valence-corrected chi connectivity index (χ1v) is 17.1. The van der Waals surface area contributed by atoms with E-state index < -0.39 is 10.0 Å². The number of fused-ring (bicyclic) bond motifs is 4. The molecular weight excluding hydrogens is 564 g/mol. The van der Waals surface area contributed by atoms with Gasteiger partial charge in [0, 0.05) is 37.1 Å². The molecule has 7 rings (SSSR count). The molecule has 0 spiro atoms. The van der Waals surface area contributed by atoms with Crippen LogP contribution in [-0.2, 0) is 21.9 Å². The fourth-order valence-electron chi connectivity index (χ4n) is 8.39. The highest BCUT2D eigenvalue weighted by Gasteiger charge is 2.46. The molecular formula is C34H39ClN4O2S. The first-order valence-electron chi connectivity index (χ1n) is 15.3. The normalized spacial score (nSPS) is 25.9. The Morgan fingerprint density at radius 2 is 1.64 bits per heavy atom. The Balaban J connectivity index is 1.13. The van der Waals surface area contributed by atoms with Crippen molar-refractivity contribution < 1.29 is 8.42 Å². The van der Waals surface area contributed by atoms with Crippen LogP contribution in [0.3, 0.4) is 0 Å². The Bertz CT molecular complexity index is 1720. The summed E-state index contributed by atoms with van der Waals surface area (Å²) in [6.07, 6.45) is 7.63. The van der Waals surface area contributed by atoms with Crippen LogP contribution in [0.1, 0.15) is 61.5 Å². The number of halogens is 1. The maximum Gasteiger partial charge on any atom is 0.244 e. The smallest absolute Gasteiger partial charge is 0.244 e. The number of imidazole rings is 1. The number of rotatable bonds is 8. The highest BCUT2D eigenvalue weighted by atomic mass is 35.5. The van der Waals surface area contributed by atoms with Crippen molar-refractivity contribution in [1.82, 2.24) is 18.8 Å². The number of piperidine rings is 1. The van der Waals surface area contributed by atoms with Gasteiger partial charge in [0.25, 0.3) is 0 Å². The van der Waals surface area contributed by atoms with Gasteiger partial charge in [-0.15, -0.1) is 0 Å². The monoisotopic (exact) mass is 602 g/mol. The second kappa shape index (κ2) is 10.8. The molecule has 2 aliphatic heterocycles. The van der Waals surface area contributed by atoms with Crippen molar-refractivity contribution in [3.8, 4) is 0 Å². The number of para-hydroxylation sites is 2. The maximum absolute atomic E-state index is 13.7. The molecule has 2 bridgehead atoms. The quantitative estimate of drug-likeness (QED) is 0.224. The van der Waals surface area contributed by atoms with Gasteiger partial charge in [-0.3, -0.25) is 4.90 Å². The molecule has 2 fully saturated rings. The summed E-state index contributed by atoms with van der Waals surface area (Å²) in [6.45, 7) is 3.58. The zero-order valence-electron chi connectivity index (χ0n) is 24.4. The van der Waals surface area contributed by atoms with Crippen LogP contribution in [0.2, 0.25) is 5.02 Å². The molecule has 220 valence electrons. The summed E-state index contributed by atoms with van der Waals surface area (Å²) >= 11 is 6.36. The molecule has 1 unspecified atom stereocenters. The molecule has 2 saturated heterocycles. The molecule has 6 nitrogen and oxygen atoms in total. The lowest BCUT2D eigenvalue weighted by atomic mass is 9.78. The molecule has 4 aromatic rings. The largest absolute Gasteiger partial charge is 0.325 e. The number of aryl methyl sites for hydroxylation is 2. The number of likely N-dealkylation sites (N-methyl/N-ethyl adjacent to an activating group) is 1. The third-order valence-electron chi connectivity index (χ3n) is 10.4. The minimum absolute atomic E-state index is 0.179. The van der Waals surface area contributed by atoms with E-state index in [2.05, 4.69) is 64.9 Å². The van der Waals surface area contributed by atoms with Gasteiger partial charge in [-0.1, -0.05) is 60.1 Å². The van der Waals surface area contributed by atoms with Crippen molar-refractivity contribution >= 4 is 32.7 Å². The zero-order chi connectivity index (χ0) is 29.1. The highest BCUT2D eigenvalue weighted by molar-refractivity contribution is 7.89. The summed E-state index contributed by atoms with van der Waals surface area (Å²) in [4.78, 5) is 7.80. The number of aromatic nitrogens is 2. The summed E-state index contributed by atoms with van der Waals surface area (Å²) in [6, 6.07) is 25.5. The molecule has 0 N–H and O–H groups in total. The third-order valence-corrected chi connectivity index (χ3v) is 12.7. The topological polar surface area (TPSA) is 58.4 Å². The summed E-state index contributed by atoms with van der Waals surface area (Å²) < 4.78 is 31.4. The SMILES string of the molecule is Cc1nc2ccccc2n1C1C[C@H]2CC[C@@H](C1)N2CC[C@]1(CN(C)S(=O)(=O)c2ccccc2Cl)CCc2ccccc21. The van der Waals surface area contributed by atoms with Crippen LogP contribution < -0.4 is 0 Å². The van der Waals surface area contributed by atoms with Gasteiger partial charge in [0.15, 0.2) is 0 Å². The number of hydrogen-bond donors (Lipinski definition) is 0. The van der Waals surface area contributed by atoms with Crippen molar-refractivity contribution in [2.45, 2.75) is 80.3 Å². The number of hydrogen-bond acceptors (Lipinski definition) is 4. The molecule has 1 aliphatic carbocycles. The summed E-state index contributed by atoms with van der Waals surface area (Å²) in [5, 5.41) is 0.269. The van der Waals surface area contributed by atoms with Gasteiger partial charge >= 0.3 is 0 Å². The van der Waals surface area contributed by atoms with Crippen LogP contribution in [0.5, 0.6) is 0 Å². The minimum Gasteiger partial charge on any atom is -0.325 e. The minimum atomic E-state index is -3.73. The van der Waals surface area contributed by atoms with Gasteiger partial charge in [-0.2, -0.15) is 4.31 Å². The van der Waals surface area contributed by atoms with E-state index in [-0.39, 0.29) is 15.3 Å². The number of benzene rings is 3. The maximum atomic E-state index is 13.7. The molecule has 1 aromatic heterocycles. The second-order valence-corrected chi connectivity index (χ2v) is 15.1. The summed E-state index contributed by atoms with van der Waals surface area (Å²) in [5.41, 5.74) is 4.77. The average molecular weight is 603 g/mol. The molecule has 3 aromatic carbocycles. The molecule has 0 radical (unpaired) electrons. The molecule has 4 atom stereocenters.